The Balaban J connectivity index is 4.22. The van der Waals surface area contributed by atoms with Gasteiger partial charge in [0, 0.05) is 6.42 Å². The van der Waals surface area contributed by atoms with Crippen LogP contribution >= 0.6 is 7.82 Å². The minimum Gasteiger partial charge on any atom is -0.756 e. The SMILES string of the molecule is CC/C=C\C/C=C\C/C=C\C/C=C\C/C=C\C/C=C\C/C=C\C/C=C\C/C=C\CCCCCCCCCCCC(=O)NC(COP(=O)([O-])OCC[N+](C)(C)C)C(O)/C=C/CC/C=C/CC/C=C/CCCCCCCCCC. The molecule has 0 rings (SSSR count). The molecular formula is C68H115N2O6P. The van der Waals surface area contributed by atoms with Crippen molar-refractivity contribution in [2.24, 2.45) is 0 Å². The summed E-state index contributed by atoms with van der Waals surface area (Å²) in [6.07, 6.45) is 87.9. The van der Waals surface area contributed by atoms with Crippen LogP contribution in [0.2, 0.25) is 0 Å². The zero-order valence-electron chi connectivity index (χ0n) is 49.8. The van der Waals surface area contributed by atoms with Crippen molar-refractivity contribution in [1.29, 1.82) is 0 Å². The van der Waals surface area contributed by atoms with Gasteiger partial charge in [0.05, 0.1) is 39.9 Å². The normalized spacial score (nSPS) is 14.8. The summed E-state index contributed by atoms with van der Waals surface area (Å²) in [7, 11) is 1.21. The third kappa shape index (κ3) is 59.9. The maximum atomic E-state index is 13.0. The lowest BCUT2D eigenvalue weighted by atomic mass is 10.1. The van der Waals surface area contributed by atoms with E-state index in [2.05, 4.69) is 153 Å². The molecule has 0 aromatic rings. The first-order valence-corrected chi connectivity index (χ1v) is 32.2. The molecule has 0 aliphatic rings. The third-order valence-electron chi connectivity index (χ3n) is 12.8. The lowest BCUT2D eigenvalue weighted by molar-refractivity contribution is -0.870. The lowest BCUT2D eigenvalue weighted by Crippen LogP contribution is -2.45. The molecule has 2 N–H and O–H groups in total. The number of aliphatic hydroxyl groups is 1. The summed E-state index contributed by atoms with van der Waals surface area (Å²) in [5.74, 6) is -0.224. The average molecular weight is 1090 g/mol. The van der Waals surface area contributed by atoms with E-state index < -0.39 is 26.6 Å². The van der Waals surface area contributed by atoms with Gasteiger partial charge >= 0.3 is 0 Å². The second kappa shape index (κ2) is 57.1. The Morgan fingerprint density at radius 1 is 0.468 bits per heavy atom. The van der Waals surface area contributed by atoms with Gasteiger partial charge < -0.3 is 28.8 Å². The number of carbonyl (C=O) groups is 1. The van der Waals surface area contributed by atoms with Gasteiger partial charge in [-0.15, -0.1) is 0 Å². The van der Waals surface area contributed by atoms with E-state index in [9.17, 15) is 19.4 Å². The molecule has 0 aliphatic carbocycles. The van der Waals surface area contributed by atoms with Gasteiger partial charge in [-0.05, 0) is 116 Å². The fourth-order valence-electron chi connectivity index (χ4n) is 8.00. The summed E-state index contributed by atoms with van der Waals surface area (Å²) in [4.78, 5) is 25.5. The van der Waals surface area contributed by atoms with E-state index in [1.165, 1.54) is 89.9 Å². The van der Waals surface area contributed by atoms with Crippen molar-refractivity contribution in [3.63, 3.8) is 0 Å². The van der Waals surface area contributed by atoms with E-state index in [0.29, 0.717) is 17.4 Å². The summed E-state index contributed by atoms with van der Waals surface area (Å²) in [5, 5.41) is 13.9. The molecule has 0 aromatic carbocycles. The first-order chi connectivity index (χ1) is 37.5. The molecule has 8 nitrogen and oxygen atoms in total. The van der Waals surface area contributed by atoms with Crippen molar-refractivity contribution in [2.45, 2.75) is 238 Å². The van der Waals surface area contributed by atoms with E-state index in [4.69, 9.17) is 9.05 Å². The van der Waals surface area contributed by atoms with Crippen LogP contribution in [-0.4, -0.2) is 68.5 Å². The van der Waals surface area contributed by atoms with Gasteiger partial charge in [0.1, 0.15) is 13.2 Å². The van der Waals surface area contributed by atoms with E-state index in [1.807, 2.05) is 27.2 Å². The zero-order valence-corrected chi connectivity index (χ0v) is 50.7. The lowest BCUT2D eigenvalue weighted by Gasteiger charge is -2.29. The average Bonchev–Trinajstić information content (AvgIpc) is 3.39. The molecule has 9 heteroatoms. The quantitative estimate of drug-likeness (QED) is 0.0272. The molecule has 3 atom stereocenters. The van der Waals surface area contributed by atoms with Crippen LogP contribution in [0, 0.1) is 0 Å². The van der Waals surface area contributed by atoms with Crippen molar-refractivity contribution in [3.8, 4) is 0 Å². The monoisotopic (exact) mass is 1090 g/mol. The minimum absolute atomic E-state index is 0.0176. The number of likely N-dealkylation sites (N-methyl/N-ethyl adjacent to an activating group) is 1. The highest BCUT2D eigenvalue weighted by atomic mass is 31.2. The summed E-state index contributed by atoms with van der Waals surface area (Å²) in [5.41, 5.74) is 0. The largest absolute Gasteiger partial charge is 0.756 e. The highest BCUT2D eigenvalue weighted by molar-refractivity contribution is 7.45. The number of carbonyl (C=O) groups excluding carboxylic acids is 1. The number of quaternary nitrogens is 1. The maximum Gasteiger partial charge on any atom is 0.268 e. The van der Waals surface area contributed by atoms with E-state index in [-0.39, 0.29) is 12.5 Å². The molecule has 438 valence electrons. The number of nitrogens with one attached hydrogen (secondary N) is 1. The molecule has 0 spiro atoms. The number of hydrogen-bond acceptors (Lipinski definition) is 6. The van der Waals surface area contributed by atoms with Crippen LogP contribution in [-0.2, 0) is 18.4 Å². The van der Waals surface area contributed by atoms with Crippen molar-refractivity contribution >= 4 is 13.7 Å². The fraction of sp³-hybridized carbons (Fsp3) is 0.632. The Hall–Kier alpha value is -3.62. The predicted molar refractivity (Wildman–Crippen MR) is 334 cm³/mol. The molecule has 0 aliphatic heterocycles. The van der Waals surface area contributed by atoms with Gasteiger partial charge in [0.2, 0.25) is 5.91 Å². The van der Waals surface area contributed by atoms with E-state index in [0.717, 1.165) is 116 Å². The van der Waals surface area contributed by atoms with Gasteiger partial charge in [-0.25, -0.2) is 0 Å². The molecule has 0 saturated carbocycles. The smallest absolute Gasteiger partial charge is 0.268 e. The summed E-state index contributed by atoms with van der Waals surface area (Å²) in [6.45, 7) is 4.48. The molecule has 0 bridgehead atoms. The Labute approximate surface area is 474 Å². The topological polar surface area (TPSA) is 108 Å². The van der Waals surface area contributed by atoms with Crippen LogP contribution in [0.3, 0.4) is 0 Å². The number of amides is 1. The Morgan fingerprint density at radius 3 is 1.21 bits per heavy atom. The van der Waals surface area contributed by atoms with Crippen LogP contribution in [0.1, 0.15) is 226 Å². The van der Waals surface area contributed by atoms with Crippen molar-refractivity contribution < 1.29 is 32.9 Å². The number of unbranched alkanes of at least 4 members (excludes halogenated alkanes) is 19. The van der Waals surface area contributed by atoms with Crippen molar-refractivity contribution in [2.75, 3.05) is 40.9 Å². The molecule has 0 saturated heterocycles. The molecule has 0 aromatic heterocycles. The Bertz CT molecular complexity index is 1760. The Morgan fingerprint density at radius 2 is 0.805 bits per heavy atom. The molecule has 0 fully saturated rings. The molecule has 1 amide bonds. The summed E-state index contributed by atoms with van der Waals surface area (Å²) in [6, 6.07) is -0.924. The predicted octanol–water partition coefficient (Wildman–Crippen LogP) is 18.6. The highest BCUT2D eigenvalue weighted by Gasteiger charge is 2.23. The van der Waals surface area contributed by atoms with Gasteiger partial charge in [-0.2, -0.15) is 0 Å². The number of nitrogens with zero attached hydrogens (tertiary/aromatic N) is 1. The Kier molecular flexibility index (Phi) is 54.4. The first-order valence-electron chi connectivity index (χ1n) is 30.7. The number of allylic oxidation sites excluding steroid dienone is 23. The maximum absolute atomic E-state index is 13.0. The van der Waals surface area contributed by atoms with Crippen LogP contribution in [0.25, 0.3) is 0 Å². The number of phosphoric ester groups is 1. The number of aliphatic hydroxyl groups excluding tert-OH is 1. The van der Waals surface area contributed by atoms with Crippen LogP contribution in [0.4, 0.5) is 0 Å². The summed E-state index contributed by atoms with van der Waals surface area (Å²) < 4.78 is 23.3. The van der Waals surface area contributed by atoms with E-state index in [1.54, 1.807) is 6.08 Å². The van der Waals surface area contributed by atoms with Crippen LogP contribution in [0.15, 0.2) is 146 Å². The first kappa shape index (κ1) is 73.4. The van der Waals surface area contributed by atoms with Gasteiger partial charge in [-0.1, -0.05) is 250 Å². The number of rotatable bonds is 54. The fourth-order valence-corrected chi connectivity index (χ4v) is 8.72. The number of phosphoric acid groups is 1. The zero-order chi connectivity index (χ0) is 56.3. The second-order valence-electron chi connectivity index (χ2n) is 21.3. The highest BCUT2D eigenvalue weighted by Crippen LogP contribution is 2.38. The third-order valence-corrected chi connectivity index (χ3v) is 13.7. The van der Waals surface area contributed by atoms with Crippen molar-refractivity contribution in [3.05, 3.63) is 146 Å². The molecular weight excluding hydrogens is 972 g/mol. The second-order valence-corrected chi connectivity index (χ2v) is 22.7. The molecule has 77 heavy (non-hydrogen) atoms. The molecule has 0 radical (unpaired) electrons. The van der Waals surface area contributed by atoms with Crippen molar-refractivity contribution in [1.82, 2.24) is 5.32 Å². The molecule has 0 heterocycles. The van der Waals surface area contributed by atoms with E-state index >= 15 is 0 Å². The molecule has 3 unspecified atom stereocenters. The standard InChI is InChI=1S/C68H115N2O6P/c1-6-8-10-12-14-16-18-20-22-24-26-27-28-29-30-31-32-33-34-35-36-37-38-39-40-41-42-43-44-46-48-50-52-54-56-58-60-62-68(72)69-66(65-76-77(73,74)75-64-63-70(3,4)5)67(71)61-59-57-55-53-51-49-47-45-25-23-21-19-17-15-13-11-9-7-2/h8,10,14,16,20,22,25-27,29-30,32-33,35-36,38-39,41-42,45,51,53,59,61,66-67,71H,6-7,9,11-13,15,17-19,21,23-24,28,31,34,37,40,43-44,46-50,52,54-58,60,62-65H2,1-5H3,(H-,69,72,73,74)/b10-8-,16-14-,22-20-,27-26-,30-29-,33-32-,36-35-,39-38-,42-41-,45-25+,53-51+,61-59+. The van der Waals surface area contributed by atoms with Gasteiger partial charge in [0.25, 0.3) is 7.82 Å². The summed E-state index contributed by atoms with van der Waals surface area (Å²) >= 11 is 0. The van der Waals surface area contributed by atoms with Gasteiger partial charge in [-0.3, -0.25) is 9.36 Å². The van der Waals surface area contributed by atoms with Crippen LogP contribution in [0.5, 0.6) is 0 Å². The van der Waals surface area contributed by atoms with Gasteiger partial charge in [0.15, 0.2) is 0 Å². The number of hydrogen-bond donors (Lipinski definition) is 2. The van der Waals surface area contributed by atoms with Crippen LogP contribution < -0.4 is 10.2 Å². The minimum atomic E-state index is -4.62.